The third-order valence-electron chi connectivity index (χ3n) is 9.12. The van der Waals surface area contributed by atoms with Crippen molar-refractivity contribution < 1.29 is 23.9 Å². The molecule has 5 rings (SSSR count). The van der Waals surface area contributed by atoms with Crippen LogP contribution in [0.5, 0.6) is 11.5 Å². The molecule has 2 amide bonds. The lowest BCUT2D eigenvalue weighted by Crippen LogP contribution is -2.44. The van der Waals surface area contributed by atoms with Crippen LogP contribution in [0.4, 0.5) is 17.3 Å². The van der Waals surface area contributed by atoms with Crippen molar-refractivity contribution in [3.8, 4) is 11.5 Å². The maximum atomic E-state index is 13.8. The summed E-state index contributed by atoms with van der Waals surface area (Å²) in [5.74, 6) is 2.94. The number of nitrogens with two attached hydrogens (primary N) is 1. The van der Waals surface area contributed by atoms with Gasteiger partial charge in [0.2, 0.25) is 5.95 Å². The number of aryl methyl sites for hydroxylation is 1. The van der Waals surface area contributed by atoms with Crippen LogP contribution in [0.3, 0.4) is 0 Å². The Morgan fingerprint density at radius 1 is 1.00 bits per heavy atom. The number of amides is 2. The number of methoxy groups -OCH3 is 1. The molecule has 0 saturated carbocycles. The molecule has 294 valence electrons. The van der Waals surface area contributed by atoms with Crippen LogP contribution < -0.4 is 30.3 Å². The van der Waals surface area contributed by atoms with E-state index >= 15 is 0 Å². The number of unbranched alkanes of at least 4 members (excludes halogenated alkanes) is 1. The van der Waals surface area contributed by atoms with E-state index in [0.29, 0.717) is 60.3 Å². The zero-order chi connectivity index (χ0) is 36.5. The van der Waals surface area contributed by atoms with E-state index in [0.717, 1.165) is 55.8 Å². The van der Waals surface area contributed by atoms with Crippen LogP contribution in [0.1, 0.15) is 45.5 Å². The van der Waals surface area contributed by atoms with Crippen molar-refractivity contribution >= 4 is 83.3 Å². The second-order valence-corrected chi connectivity index (χ2v) is 12.8. The highest BCUT2D eigenvalue weighted by atomic mass is 35.5. The first-order valence-corrected chi connectivity index (χ1v) is 17.2. The Morgan fingerprint density at radius 3 is 2.43 bits per heavy atom. The number of halogens is 3. The Kier molecular flexibility index (Phi) is 18.1. The van der Waals surface area contributed by atoms with Gasteiger partial charge in [0, 0.05) is 58.9 Å². The molecule has 2 heterocycles. The summed E-state index contributed by atoms with van der Waals surface area (Å²) in [6, 6.07) is 15.9. The van der Waals surface area contributed by atoms with Crippen molar-refractivity contribution in [2.24, 2.45) is 5.73 Å². The number of piperazine rings is 1. The molecule has 0 atom stereocenters. The van der Waals surface area contributed by atoms with Crippen molar-refractivity contribution in [3.63, 3.8) is 0 Å². The van der Waals surface area contributed by atoms with Crippen LogP contribution in [0.25, 0.3) is 11.0 Å². The number of ether oxygens (including phenoxy) is 2. The highest BCUT2D eigenvalue weighted by Crippen LogP contribution is 2.32. The third kappa shape index (κ3) is 11.0. The summed E-state index contributed by atoms with van der Waals surface area (Å²) in [7, 11) is 7.13. The van der Waals surface area contributed by atoms with Gasteiger partial charge in [0.1, 0.15) is 23.0 Å². The molecule has 1 aromatic heterocycles. The molecule has 0 spiro atoms. The lowest BCUT2D eigenvalue weighted by molar-refractivity contribution is 0.0987. The van der Waals surface area contributed by atoms with Gasteiger partial charge in [0.15, 0.2) is 0 Å². The molecule has 1 aliphatic heterocycles. The van der Waals surface area contributed by atoms with Crippen LogP contribution in [0, 0.1) is 6.92 Å². The van der Waals surface area contributed by atoms with Gasteiger partial charge in [-0.25, -0.2) is 9.78 Å². The van der Waals surface area contributed by atoms with E-state index in [4.69, 9.17) is 15.2 Å². The van der Waals surface area contributed by atoms with E-state index in [-0.39, 0.29) is 54.4 Å². The Bertz CT molecular complexity index is 1910. The monoisotopic (exact) mass is 804 g/mol. The van der Waals surface area contributed by atoms with Gasteiger partial charge in [-0.15, -0.1) is 37.2 Å². The quantitative estimate of drug-likeness (QED) is 0.103. The number of H-pyrrole nitrogens is 1. The Morgan fingerprint density at radius 2 is 1.74 bits per heavy atom. The summed E-state index contributed by atoms with van der Waals surface area (Å²) < 4.78 is 11.8. The number of aromatic nitrogens is 2. The van der Waals surface area contributed by atoms with Gasteiger partial charge in [-0.05, 0) is 81.3 Å². The molecule has 4 aromatic rings. The molecule has 3 aromatic carbocycles. The van der Waals surface area contributed by atoms with Gasteiger partial charge in [0.05, 0.1) is 41.9 Å². The predicted molar refractivity (Wildman–Crippen MR) is 223 cm³/mol. The van der Waals surface area contributed by atoms with Crippen LogP contribution in [0.2, 0.25) is 0 Å². The number of imidazole rings is 1. The molecule has 0 bridgehead atoms. The maximum Gasteiger partial charge on any atom is 0.259 e. The van der Waals surface area contributed by atoms with Crippen molar-refractivity contribution in [3.05, 3.63) is 77.0 Å². The fourth-order valence-corrected chi connectivity index (χ4v) is 6.05. The normalized spacial score (nSPS) is 12.4. The number of hydrogen-bond acceptors (Lipinski definition) is 10. The second kappa shape index (κ2) is 21.4. The number of anilines is 3. The SMILES string of the molecule is COc1cc(C(=O)N(C)c2ccc(C)cc2OCCCCC(=C=O)N2CCN(C)CC2)ccc1C(=O)Nc1cccc2[nH]c(N(C)CCN)nc12.Cl.Cl.Cl. The van der Waals surface area contributed by atoms with Crippen LogP contribution in [-0.4, -0.2) is 112 Å². The smallest absolute Gasteiger partial charge is 0.259 e. The zero-order valence-corrected chi connectivity index (χ0v) is 33.8. The number of nitrogens with one attached hydrogen (secondary N) is 2. The average molecular weight is 806 g/mol. The number of rotatable bonds is 15. The zero-order valence-electron chi connectivity index (χ0n) is 31.3. The van der Waals surface area contributed by atoms with Crippen LogP contribution in [0.15, 0.2) is 60.3 Å². The summed E-state index contributed by atoms with van der Waals surface area (Å²) in [5, 5.41) is 2.95. The number of carbonyl (C=O) groups is 2. The van der Waals surface area contributed by atoms with E-state index < -0.39 is 5.91 Å². The molecule has 0 radical (unpaired) electrons. The largest absolute Gasteiger partial charge is 0.496 e. The molecule has 13 nitrogen and oxygen atoms in total. The summed E-state index contributed by atoms with van der Waals surface area (Å²) >= 11 is 0. The maximum absolute atomic E-state index is 13.8. The van der Waals surface area contributed by atoms with E-state index in [9.17, 15) is 14.4 Å². The topological polar surface area (TPSA) is 149 Å². The number of allylic oxidation sites excluding steroid dienone is 1. The lowest BCUT2D eigenvalue weighted by Gasteiger charge is -2.34. The molecule has 4 N–H and O–H groups in total. The Labute approximate surface area is 335 Å². The molecule has 0 aliphatic carbocycles. The Hall–Kier alpha value is -4.49. The van der Waals surface area contributed by atoms with E-state index in [1.54, 1.807) is 31.3 Å². The number of benzene rings is 3. The number of carbonyl (C=O) groups excluding carboxylic acids is 3. The first-order valence-electron chi connectivity index (χ1n) is 17.2. The van der Waals surface area contributed by atoms with Gasteiger partial charge < -0.3 is 45.1 Å². The minimum absolute atomic E-state index is 0. The van der Waals surface area contributed by atoms with Gasteiger partial charge in [-0.2, -0.15) is 0 Å². The van der Waals surface area contributed by atoms with Gasteiger partial charge in [0.25, 0.3) is 11.8 Å². The highest BCUT2D eigenvalue weighted by molar-refractivity contribution is 6.11. The molecular formula is C38H51Cl3N8O5. The minimum Gasteiger partial charge on any atom is -0.496 e. The molecular weight excluding hydrogens is 755 g/mol. The van der Waals surface area contributed by atoms with Crippen LogP contribution >= 0.6 is 37.2 Å². The standard InChI is InChI=1S/C38H48N8O5.3ClH/c1-26-12-15-32(34(23-26)51-22-7-6-9-28(25-47)46-20-18-43(2)19-21-46)45(4)37(49)27-13-14-29(33(24-27)50-5)36(48)40-30-10-8-11-31-35(30)42-38(41-31)44(3)17-16-39;;;/h8,10-15,23-24H,6-7,9,16-22,39H2,1-5H3,(H,40,48)(H,41,42);3*1H. The van der Waals surface area contributed by atoms with Gasteiger partial charge in [-0.1, -0.05) is 12.1 Å². The lowest BCUT2D eigenvalue weighted by atomic mass is 10.1. The molecule has 1 fully saturated rings. The number of para-hydroxylation sites is 1. The van der Waals surface area contributed by atoms with E-state index in [1.807, 2.05) is 49.2 Å². The third-order valence-corrected chi connectivity index (χ3v) is 9.12. The molecule has 1 aliphatic rings. The first kappa shape index (κ1) is 45.7. The van der Waals surface area contributed by atoms with Crippen LogP contribution in [-0.2, 0) is 4.79 Å². The number of fused-ring (bicyclic) bond motifs is 1. The van der Waals surface area contributed by atoms with Crippen molar-refractivity contribution in [1.82, 2.24) is 19.8 Å². The molecule has 1 saturated heterocycles. The number of hydrogen-bond donors (Lipinski definition) is 3. The van der Waals surface area contributed by atoms with Crippen molar-refractivity contribution in [2.75, 3.05) is 89.2 Å². The van der Waals surface area contributed by atoms with Crippen molar-refractivity contribution in [1.29, 1.82) is 0 Å². The van der Waals surface area contributed by atoms with E-state index in [2.05, 4.69) is 38.1 Å². The molecule has 16 heteroatoms. The summed E-state index contributed by atoms with van der Waals surface area (Å²) in [4.78, 5) is 54.6. The summed E-state index contributed by atoms with van der Waals surface area (Å²) in [6.45, 7) is 7.04. The summed E-state index contributed by atoms with van der Waals surface area (Å²) in [5.41, 5.74) is 10.6. The number of aromatic amines is 1. The highest BCUT2D eigenvalue weighted by Gasteiger charge is 2.22. The first-order chi connectivity index (χ1) is 24.6. The molecule has 0 unspecified atom stereocenters. The second-order valence-electron chi connectivity index (χ2n) is 12.8. The van der Waals surface area contributed by atoms with Gasteiger partial charge in [-0.3, -0.25) is 9.59 Å². The molecule has 54 heavy (non-hydrogen) atoms. The van der Waals surface area contributed by atoms with E-state index in [1.165, 1.54) is 12.0 Å². The minimum atomic E-state index is -0.403. The fourth-order valence-electron chi connectivity index (χ4n) is 6.05. The predicted octanol–water partition coefficient (Wildman–Crippen LogP) is 5.58. The Balaban J connectivity index is 0.00000336. The fraction of sp³-hybridized carbons (Fsp3) is 0.395. The summed E-state index contributed by atoms with van der Waals surface area (Å²) in [6.07, 6.45) is 2.18. The van der Waals surface area contributed by atoms with Gasteiger partial charge >= 0.3 is 0 Å². The number of nitrogens with zero attached hydrogens (tertiary/aromatic N) is 5. The number of likely N-dealkylation sites (N-methyl/N-ethyl adjacent to an activating group) is 2. The van der Waals surface area contributed by atoms with Crippen molar-refractivity contribution in [2.45, 2.75) is 26.2 Å². The average Bonchev–Trinajstić information content (AvgIpc) is 3.59.